The van der Waals surface area contributed by atoms with Gasteiger partial charge in [-0.25, -0.2) is 0 Å². The van der Waals surface area contributed by atoms with Crippen molar-refractivity contribution >= 4 is 0 Å². The number of hydrogen-bond acceptors (Lipinski definition) is 2. The molecule has 0 aliphatic carbocycles. The lowest BCUT2D eigenvalue weighted by Gasteiger charge is -2.01. The summed E-state index contributed by atoms with van der Waals surface area (Å²) in [5, 5.41) is 8.20. The molecule has 0 saturated heterocycles. The fraction of sp³-hybridized carbons (Fsp3) is 0.556. The van der Waals surface area contributed by atoms with Crippen LogP contribution in [0.5, 0.6) is 0 Å². The minimum atomic E-state index is 0.970. The average molecular weight is 150 g/mol. The molecule has 1 rings (SSSR count). The molecule has 60 valence electrons. The van der Waals surface area contributed by atoms with Crippen molar-refractivity contribution in [2.45, 2.75) is 33.6 Å². The lowest BCUT2D eigenvalue weighted by Crippen LogP contribution is -1.98. The lowest BCUT2D eigenvalue weighted by atomic mass is 10.1. The SMILES string of the molecule is CCc1cc(C)c(CC)nn1. The molecule has 0 bridgehead atoms. The monoisotopic (exact) mass is 150 g/mol. The van der Waals surface area contributed by atoms with Crippen LogP contribution in [0, 0.1) is 6.92 Å². The second-order valence-electron chi connectivity index (χ2n) is 2.67. The van der Waals surface area contributed by atoms with Crippen molar-refractivity contribution in [2.24, 2.45) is 0 Å². The topological polar surface area (TPSA) is 25.8 Å². The molecule has 0 atom stereocenters. The van der Waals surface area contributed by atoms with Crippen molar-refractivity contribution in [2.75, 3.05) is 0 Å². The number of rotatable bonds is 2. The highest BCUT2D eigenvalue weighted by molar-refractivity contribution is 5.19. The van der Waals surface area contributed by atoms with Crippen molar-refractivity contribution in [3.05, 3.63) is 23.0 Å². The van der Waals surface area contributed by atoms with Crippen LogP contribution in [-0.4, -0.2) is 10.2 Å². The Kier molecular flexibility index (Phi) is 2.58. The van der Waals surface area contributed by atoms with Crippen LogP contribution in [0.25, 0.3) is 0 Å². The number of nitrogens with zero attached hydrogens (tertiary/aromatic N) is 2. The molecule has 0 saturated carbocycles. The van der Waals surface area contributed by atoms with Gasteiger partial charge < -0.3 is 0 Å². The molecular formula is C9H14N2. The van der Waals surface area contributed by atoms with Gasteiger partial charge in [-0.2, -0.15) is 10.2 Å². The molecule has 0 aromatic carbocycles. The highest BCUT2D eigenvalue weighted by atomic mass is 15.1. The summed E-state index contributed by atoms with van der Waals surface area (Å²) >= 11 is 0. The van der Waals surface area contributed by atoms with Crippen LogP contribution < -0.4 is 0 Å². The van der Waals surface area contributed by atoms with Crippen molar-refractivity contribution in [1.29, 1.82) is 0 Å². The first kappa shape index (κ1) is 8.18. The van der Waals surface area contributed by atoms with E-state index in [1.165, 1.54) is 5.56 Å². The van der Waals surface area contributed by atoms with Crippen LogP contribution in [0.1, 0.15) is 30.8 Å². The van der Waals surface area contributed by atoms with E-state index >= 15 is 0 Å². The van der Waals surface area contributed by atoms with E-state index in [0.717, 1.165) is 24.2 Å². The Balaban J connectivity index is 2.99. The van der Waals surface area contributed by atoms with Crippen molar-refractivity contribution in [1.82, 2.24) is 10.2 Å². The number of hydrogen-bond donors (Lipinski definition) is 0. The van der Waals surface area contributed by atoms with Gasteiger partial charge in [0.15, 0.2) is 0 Å². The molecule has 0 amide bonds. The summed E-state index contributed by atoms with van der Waals surface area (Å²) in [6.07, 6.45) is 1.95. The summed E-state index contributed by atoms with van der Waals surface area (Å²) in [5.41, 5.74) is 3.46. The predicted octanol–water partition coefficient (Wildman–Crippen LogP) is 1.91. The number of aromatic nitrogens is 2. The van der Waals surface area contributed by atoms with E-state index in [4.69, 9.17) is 0 Å². The van der Waals surface area contributed by atoms with Gasteiger partial charge in [0.2, 0.25) is 0 Å². The van der Waals surface area contributed by atoms with Crippen LogP contribution in [0.15, 0.2) is 6.07 Å². The minimum absolute atomic E-state index is 0.970. The average Bonchev–Trinajstić information content (AvgIpc) is 2.04. The molecular weight excluding hydrogens is 136 g/mol. The smallest absolute Gasteiger partial charge is 0.0657 e. The third kappa shape index (κ3) is 1.76. The number of aryl methyl sites for hydroxylation is 3. The Morgan fingerprint density at radius 1 is 1.18 bits per heavy atom. The maximum Gasteiger partial charge on any atom is 0.0657 e. The summed E-state index contributed by atoms with van der Waals surface area (Å²) in [4.78, 5) is 0. The molecule has 2 heteroatoms. The molecule has 0 N–H and O–H groups in total. The zero-order chi connectivity index (χ0) is 8.27. The lowest BCUT2D eigenvalue weighted by molar-refractivity contribution is 0.847. The summed E-state index contributed by atoms with van der Waals surface area (Å²) in [7, 11) is 0. The predicted molar refractivity (Wildman–Crippen MR) is 45.5 cm³/mol. The second kappa shape index (κ2) is 3.46. The fourth-order valence-corrected chi connectivity index (χ4v) is 1.09. The van der Waals surface area contributed by atoms with E-state index in [-0.39, 0.29) is 0 Å². The van der Waals surface area contributed by atoms with E-state index in [0.29, 0.717) is 0 Å². The van der Waals surface area contributed by atoms with E-state index in [2.05, 4.69) is 37.0 Å². The van der Waals surface area contributed by atoms with Gasteiger partial charge in [0.05, 0.1) is 11.4 Å². The van der Waals surface area contributed by atoms with Gasteiger partial charge in [-0.05, 0) is 31.4 Å². The zero-order valence-electron chi connectivity index (χ0n) is 7.39. The largest absolute Gasteiger partial charge is 0.155 e. The Bertz CT molecular complexity index is 243. The molecule has 1 aromatic heterocycles. The molecule has 0 fully saturated rings. The van der Waals surface area contributed by atoms with Crippen LogP contribution in [0.3, 0.4) is 0 Å². The quantitative estimate of drug-likeness (QED) is 0.643. The molecule has 0 spiro atoms. The minimum Gasteiger partial charge on any atom is -0.155 e. The molecule has 0 aliphatic heterocycles. The van der Waals surface area contributed by atoms with Crippen molar-refractivity contribution in [3.8, 4) is 0 Å². The summed E-state index contributed by atoms with van der Waals surface area (Å²) in [5.74, 6) is 0. The first-order valence-corrected chi connectivity index (χ1v) is 4.10. The first-order valence-electron chi connectivity index (χ1n) is 4.10. The maximum absolute atomic E-state index is 4.12. The van der Waals surface area contributed by atoms with Crippen LogP contribution in [0.2, 0.25) is 0 Å². The molecule has 1 heterocycles. The highest BCUT2D eigenvalue weighted by Crippen LogP contribution is 2.05. The van der Waals surface area contributed by atoms with Crippen LogP contribution in [0.4, 0.5) is 0 Å². The van der Waals surface area contributed by atoms with Crippen molar-refractivity contribution in [3.63, 3.8) is 0 Å². The molecule has 0 radical (unpaired) electrons. The van der Waals surface area contributed by atoms with Crippen molar-refractivity contribution < 1.29 is 0 Å². The molecule has 11 heavy (non-hydrogen) atoms. The Morgan fingerprint density at radius 3 is 2.36 bits per heavy atom. The van der Waals surface area contributed by atoms with Gasteiger partial charge in [-0.3, -0.25) is 0 Å². The molecule has 0 unspecified atom stereocenters. The highest BCUT2D eigenvalue weighted by Gasteiger charge is 1.98. The van der Waals surface area contributed by atoms with Crippen LogP contribution >= 0.6 is 0 Å². The Labute approximate surface area is 67.7 Å². The van der Waals surface area contributed by atoms with E-state index in [1.54, 1.807) is 0 Å². The van der Waals surface area contributed by atoms with Gasteiger partial charge in [0, 0.05) is 0 Å². The maximum atomic E-state index is 4.12. The van der Waals surface area contributed by atoms with E-state index in [9.17, 15) is 0 Å². The summed E-state index contributed by atoms with van der Waals surface area (Å²) in [6.45, 7) is 6.28. The van der Waals surface area contributed by atoms with Gasteiger partial charge in [-0.15, -0.1) is 0 Å². The third-order valence-electron chi connectivity index (χ3n) is 1.83. The fourth-order valence-electron chi connectivity index (χ4n) is 1.09. The zero-order valence-corrected chi connectivity index (χ0v) is 7.39. The molecule has 0 aliphatic rings. The first-order chi connectivity index (χ1) is 5.27. The second-order valence-corrected chi connectivity index (χ2v) is 2.67. The van der Waals surface area contributed by atoms with Gasteiger partial charge in [0.25, 0.3) is 0 Å². The third-order valence-corrected chi connectivity index (χ3v) is 1.83. The van der Waals surface area contributed by atoms with Crippen LogP contribution in [-0.2, 0) is 12.8 Å². The van der Waals surface area contributed by atoms with Gasteiger partial charge in [-0.1, -0.05) is 13.8 Å². The normalized spacial score (nSPS) is 10.1. The van der Waals surface area contributed by atoms with Gasteiger partial charge in [0.1, 0.15) is 0 Å². The summed E-state index contributed by atoms with van der Waals surface area (Å²) in [6, 6.07) is 2.12. The Morgan fingerprint density at radius 2 is 1.91 bits per heavy atom. The van der Waals surface area contributed by atoms with Gasteiger partial charge >= 0.3 is 0 Å². The van der Waals surface area contributed by atoms with E-state index in [1.807, 2.05) is 0 Å². The molecule has 1 aromatic rings. The van der Waals surface area contributed by atoms with E-state index < -0.39 is 0 Å². The standard InChI is InChI=1S/C9H14N2/c1-4-8-6-7(3)9(5-2)11-10-8/h6H,4-5H2,1-3H3. The molecule has 2 nitrogen and oxygen atoms in total. The Hall–Kier alpha value is -0.920. The summed E-state index contributed by atoms with van der Waals surface area (Å²) < 4.78 is 0.